The van der Waals surface area contributed by atoms with Gasteiger partial charge in [0, 0.05) is 17.1 Å². The molecule has 1 saturated carbocycles. The average Bonchev–Trinajstić information content (AvgIpc) is 2.64. The monoisotopic (exact) mass is 276 g/mol. The van der Waals surface area contributed by atoms with Crippen LogP contribution in [0.25, 0.3) is 0 Å². The lowest BCUT2D eigenvalue weighted by Gasteiger charge is -2.26. The molecule has 3 heteroatoms. The van der Waals surface area contributed by atoms with Crippen molar-refractivity contribution in [2.24, 2.45) is 5.92 Å². The molecule has 1 aliphatic carbocycles. The summed E-state index contributed by atoms with van der Waals surface area (Å²) in [5, 5.41) is 13.7. The molecule has 3 atom stereocenters. The van der Waals surface area contributed by atoms with Gasteiger partial charge >= 0.3 is 0 Å². The molecule has 0 bridgehead atoms. The average molecular weight is 277 g/mol. The Bertz CT molecular complexity index is 452. The fourth-order valence-electron chi connectivity index (χ4n) is 2.90. The van der Waals surface area contributed by atoms with Crippen molar-refractivity contribution in [2.75, 3.05) is 0 Å². The maximum Gasteiger partial charge on any atom is 0.0672 e. The van der Waals surface area contributed by atoms with Crippen molar-refractivity contribution < 1.29 is 0 Å². The third kappa shape index (κ3) is 3.72. The SMILES string of the molecule is C[C@H](NC1CCCCCC1C#N)c1ccccc1Cl. The van der Waals surface area contributed by atoms with Gasteiger partial charge in [-0.05, 0) is 31.4 Å². The van der Waals surface area contributed by atoms with Gasteiger partial charge in [-0.25, -0.2) is 0 Å². The fourth-order valence-corrected chi connectivity index (χ4v) is 3.20. The molecular formula is C16H21ClN2. The highest BCUT2D eigenvalue weighted by Crippen LogP contribution is 2.27. The van der Waals surface area contributed by atoms with E-state index in [1.54, 1.807) is 0 Å². The highest BCUT2D eigenvalue weighted by molar-refractivity contribution is 6.31. The molecule has 0 radical (unpaired) electrons. The van der Waals surface area contributed by atoms with Crippen LogP contribution in [0.4, 0.5) is 0 Å². The summed E-state index contributed by atoms with van der Waals surface area (Å²) in [5.74, 6) is 0.132. The van der Waals surface area contributed by atoms with Crippen molar-refractivity contribution in [3.8, 4) is 6.07 Å². The molecule has 2 unspecified atom stereocenters. The first-order valence-corrected chi connectivity index (χ1v) is 7.50. The van der Waals surface area contributed by atoms with Gasteiger partial charge in [-0.15, -0.1) is 0 Å². The molecule has 19 heavy (non-hydrogen) atoms. The highest BCUT2D eigenvalue weighted by Gasteiger charge is 2.25. The van der Waals surface area contributed by atoms with Crippen molar-refractivity contribution in [3.05, 3.63) is 34.9 Å². The lowest BCUT2D eigenvalue weighted by atomic mass is 9.94. The van der Waals surface area contributed by atoms with E-state index in [-0.39, 0.29) is 12.0 Å². The number of rotatable bonds is 3. The lowest BCUT2D eigenvalue weighted by Crippen LogP contribution is -2.36. The minimum Gasteiger partial charge on any atom is -0.306 e. The summed E-state index contributed by atoms with van der Waals surface area (Å²) in [6, 6.07) is 10.9. The summed E-state index contributed by atoms with van der Waals surface area (Å²) in [6.45, 7) is 2.13. The Balaban J connectivity index is 2.06. The van der Waals surface area contributed by atoms with Crippen LogP contribution in [0, 0.1) is 17.2 Å². The molecule has 1 aromatic carbocycles. The van der Waals surface area contributed by atoms with Gasteiger partial charge in [-0.2, -0.15) is 5.26 Å². The zero-order chi connectivity index (χ0) is 13.7. The van der Waals surface area contributed by atoms with E-state index in [4.69, 9.17) is 11.6 Å². The lowest BCUT2D eigenvalue weighted by molar-refractivity contribution is 0.361. The summed E-state index contributed by atoms with van der Waals surface area (Å²) in [6.07, 6.45) is 5.75. The molecule has 0 saturated heterocycles. The van der Waals surface area contributed by atoms with Crippen LogP contribution >= 0.6 is 11.6 Å². The number of hydrogen-bond acceptors (Lipinski definition) is 2. The molecule has 1 aliphatic rings. The molecule has 1 aromatic rings. The number of hydrogen-bond donors (Lipinski definition) is 1. The van der Waals surface area contributed by atoms with Gasteiger partial charge in [0.2, 0.25) is 0 Å². The van der Waals surface area contributed by atoms with Crippen molar-refractivity contribution >= 4 is 11.6 Å². The second-order valence-electron chi connectivity index (χ2n) is 5.39. The third-order valence-electron chi connectivity index (χ3n) is 4.02. The van der Waals surface area contributed by atoms with E-state index < -0.39 is 0 Å². The topological polar surface area (TPSA) is 35.8 Å². The van der Waals surface area contributed by atoms with E-state index in [1.807, 2.05) is 18.2 Å². The maximum absolute atomic E-state index is 9.31. The zero-order valence-corrected chi connectivity index (χ0v) is 12.2. The van der Waals surface area contributed by atoms with Gasteiger partial charge in [0.25, 0.3) is 0 Å². The number of benzene rings is 1. The molecule has 2 nitrogen and oxygen atoms in total. The Morgan fingerprint density at radius 3 is 2.74 bits per heavy atom. The standard InChI is InChI=1S/C16H21ClN2/c1-12(14-8-5-6-9-15(14)17)19-16-10-4-2-3-7-13(16)11-18/h5-6,8-9,12-13,16,19H,2-4,7,10H2,1H3/t12-,13?,16?/m0/s1. The van der Waals surface area contributed by atoms with Crippen LogP contribution in [0.15, 0.2) is 24.3 Å². The van der Waals surface area contributed by atoms with E-state index in [0.717, 1.165) is 23.4 Å². The summed E-state index contributed by atoms with van der Waals surface area (Å²) in [7, 11) is 0. The Morgan fingerprint density at radius 2 is 2.00 bits per heavy atom. The first-order valence-electron chi connectivity index (χ1n) is 7.12. The molecule has 0 aliphatic heterocycles. The van der Waals surface area contributed by atoms with Crippen molar-refractivity contribution in [2.45, 2.75) is 51.1 Å². The molecule has 1 fully saturated rings. The molecule has 0 heterocycles. The minimum atomic E-state index is 0.132. The Labute approximate surface area is 120 Å². The number of nitriles is 1. The predicted octanol–water partition coefficient (Wildman–Crippen LogP) is 4.46. The van der Waals surface area contributed by atoms with E-state index in [0.29, 0.717) is 6.04 Å². The van der Waals surface area contributed by atoms with Crippen LogP contribution in [-0.4, -0.2) is 6.04 Å². The van der Waals surface area contributed by atoms with Crippen LogP contribution < -0.4 is 5.32 Å². The molecule has 1 N–H and O–H groups in total. The molecule has 0 amide bonds. The summed E-state index contributed by atoms with van der Waals surface area (Å²) in [5.41, 5.74) is 1.12. The molecule has 0 aromatic heterocycles. The van der Waals surface area contributed by atoms with Gasteiger partial charge in [0.15, 0.2) is 0 Å². The smallest absolute Gasteiger partial charge is 0.0672 e. The largest absolute Gasteiger partial charge is 0.306 e. The Hall–Kier alpha value is -1.04. The normalized spacial score (nSPS) is 25.3. The molecule has 0 spiro atoms. The van der Waals surface area contributed by atoms with Gasteiger partial charge in [-0.3, -0.25) is 0 Å². The summed E-state index contributed by atoms with van der Waals surface area (Å²) >= 11 is 6.23. The quantitative estimate of drug-likeness (QED) is 0.827. The van der Waals surface area contributed by atoms with E-state index in [2.05, 4.69) is 24.4 Å². The van der Waals surface area contributed by atoms with Gasteiger partial charge in [0.05, 0.1) is 12.0 Å². The van der Waals surface area contributed by atoms with Gasteiger partial charge in [0.1, 0.15) is 0 Å². The van der Waals surface area contributed by atoms with Crippen molar-refractivity contribution in [1.29, 1.82) is 5.26 Å². The van der Waals surface area contributed by atoms with Crippen molar-refractivity contribution in [1.82, 2.24) is 5.32 Å². The van der Waals surface area contributed by atoms with Gasteiger partial charge < -0.3 is 5.32 Å². The minimum absolute atomic E-state index is 0.132. The number of nitrogens with one attached hydrogen (secondary N) is 1. The van der Waals surface area contributed by atoms with Gasteiger partial charge in [-0.1, -0.05) is 49.1 Å². The molecule has 2 rings (SSSR count). The van der Waals surface area contributed by atoms with Crippen LogP contribution in [0.1, 0.15) is 50.6 Å². The maximum atomic E-state index is 9.31. The second-order valence-corrected chi connectivity index (χ2v) is 5.80. The van der Waals surface area contributed by atoms with Crippen LogP contribution in [0.5, 0.6) is 0 Å². The molecule has 102 valence electrons. The summed E-state index contributed by atoms with van der Waals surface area (Å²) in [4.78, 5) is 0. The fraction of sp³-hybridized carbons (Fsp3) is 0.562. The second kappa shape index (κ2) is 6.93. The number of halogens is 1. The highest BCUT2D eigenvalue weighted by atomic mass is 35.5. The first kappa shape index (κ1) is 14.4. The predicted molar refractivity (Wildman–Crippen MR) is 79.0 cm³/mol. The van der Waals surface area contributed by atoms with Crippen LogP contribution in [0.3, 0.4) is 0 Å². The van der Waals surface area contributed by atoms with Crippen molar-refractivity contribution in [3.63, 3.8) is 0 Å². The molecular weight excluding hydrogens is 256 g/mol. The summed E-state index contributed by atoms with van der Waals surface area (Å²) < 4.78 is 0. The van der Waals surface area contributed by atoms with E-state index >= 15 is 0 Å². The Morgan fingerprint density at radius 1 is 1.26 bits per heavy atom. The first-order chi connectivity index (χ1) is 9.22. The Kier molecular flexibility index (Phi) is 5.24. The van der Waals surface area contributed by atoms with Crippen LogP contribution in [0.2, 0.25) is 5.02 Å². The third-order valence-corrected chi connectivity index (χ3v) is 4.36. The van der Waals surface area contributed by atoms with E-state index in [1.165, 1.54) is 19.3 Å². The number of nitrogens with zero attached hydrogens (tertiary/aromatic N) is 1. The van der Waals surface area contributed by atoms with E-state index in [9.17, 15) is 5.26 Å². The van der Waals surface area contributed by atoms with Crippen LogP contribution in [-0.2, 0) is 0 Å². The zero-order valence-electron chi connectivity index (χ0n) is 11.4.